The van der Waals surface area contributed by atoms with Gasteiger partial charge in [0.15, 0.2) is 5.76 Å². The average molecular weight is 457 g/mol. The molecule has 0 radical (unpaired) electrons. The second kappa shape index (κ2) is 8.78. The lowest BCUT2D eigenvalue weighted by molar-refractivity contribution is -0.135. The van der Waals surface area contributed by atoms with Crippen LogP contribution in [0, 0.1) is 13.8 Å². The molecule has 0 N–H and O–H groups in total. The number of hydrogen-bond acceptors (Lipinski definition) is 7. The molecule has 0 spiro atoms. The van der Waals surface area contributed by atoms with E-state index in [4.69, 9.17) is 9.26 Å². The standard InChI is InChI=1S/C20H32N4O6S/c1-14-17(15(2)30-21-14)31(27,28)23-10-7-9-22(12-13-23)18(25)16-8-6-11-24(16)19(26)29-20(3,4)5/h16H,6-13H2,1-5H3. The number of hydrogen-bond donors (Lipinski definition) is 0. The molecular weight excluding hydrogens is 424 g/mol. The van der Waals surface area contributed by atoms with Crippen LogP contribution in [0.3, 0.4) is 0 Å². The number of carbonyl (C=O) groups excluding carboxylic acids is 2. The quantitative estimate of drug-likeness (QED) is 0.683. The summed E-state index contributed by atoms with van der Waals surface area (Å²) in [5.74, 6) is 0.105. The van der Waals surface area contributed by atoms with E-state index in [-0.39, 0.29) is 29.7 Å². The van der Waals surface area contributed by atoms with E-state index in [2.05, 4.69) is 5.16 Å². The van der Waals surface area contributed by atoms with Gasteiger partial charge in [0, 0.05) is 32.7 Å². The molecular formula is C20H32N4O6S. The fourth-order valence-corrected chi connectivity index (χ4v) is 5.86. The van der Waals surface area contributed by atoms with E-state index in [0.717, 1.165) is 6.42 Å². The molecule has 10 nitrogen and oxygen atoms in total. The first kappa shape index (κ1) is 23.5. The lowest BCUT2D eigenvalue weighted by Crippen LogP contribution is -2.50. The summed E-state index contributed by atoms with van der Waals surface area (Å²) in [6.45, 7) is 10.2. The molecule has 1 unspecified atom stereocenters. The summed E-state index contributed by atoms with van der Waals surface area (Å²) in [5.41, 5.74) is -0.309. The third-order valence-electron chi connectivity index (χ3n) is 5.50. The minimum Gasteiger partial charge on any atom is -0.444 e. The number of sulfonamides is 1. The number of nitrogens with zero attached hydrogens (tertiary/aromatic N) is 4. The van der Waals surface area contributed by atoms with Gasteiger partial charge in [0.25, 0.3) is 0 Å². The topological polar surface area (TPSA) is 113 Å². The predicted molar refractivity (Wildman–Crippen MR) is 112 cm³/mol. The van der Waals surface area contributed by atoms with Crippen molar-refractivity contribution in [3.8, 4) is 0 Å². The number of likely N-dealkylation sites (tertiary alicyclic amines) is 1. The molecule has 0 aromatic carbocycles. The van der Waals surface area contributed by atoms with Crippen molar-refractivity contribution in [2.24, 2.45) is 0 Å². The van der Waals surface area contributed by atoms with Crippen molar-refractivity contribution in [3.63, 3.8) is 0 Å². The van der Waals surface area contributed by atoms with E-state index in [1.54, 1.807) is 39.5 Å². The van der Waals surface area contributed by atoms with Crippen molar-refractivity contribution in [1.82, 2.24) is 19.3 Å². The summed E-state index contributed by atoms with van der Waals surface area (Å²) in [6, 6.07) is -0.569. The summed E-state index contributed by atoms with van der Waals surface area (Å²) < 4.78 is 38.1. The van der Waals surface area contributed by atoms with Gasteiger partial charge in [-0.05, 0) is 53.9 Å². The first-order valence-corrected chi connectivity index (χ1v) is 12.1. The van der Waals surface area contributed by atoms with Gasteiger partial charge >= 0.3 is 6.09 Å². The Kier molecular flexibility index (Phi) is 6.66. The second-order valence-electron chi connectivity index (χ2n) is 9.07. The zero-order valence-electron chi connectivity index (χ0n) is 18.9. The minimum atomic E-state index is -3.76. The van der Waals surface area contributed by atoms with Crippen LogP contribution in [0.5, 0.6) is 0 Å². The molecule has 1 atom stereocenters. The Morgan fingerprint density at radius 2 is 1.77 bits per heavy atom. The number of aryl methyl sites for hydroxylation is 2. The Morgan fingerprint density at radius 3 is 2.39 bits per heavy atom. The van der Waals surface area contributed by atoms with Gasteiger partial charge < -0.3 is 14.2 Å². The first-order chi connectivity index (χ1) is 14.4. The van der Waals surface area contributed by atoms with E-state index in [1.807, 2.05) is 0 Å². The van der Waals surface area contributed by atoms with Gasteiger partial charge in [-0.2, -0.15) is 4.31 Å². The minimum absolute atomic E-state index is 0.0965. The maximum atomic E-state index is 13.2. The van der Waals surface area contributed by atoms with E-state index >= 15 is 0 Å². The van der Waals surface area contributed by atoms with Crippen LogP contribution in [-0.2, 0) is 19.6 Å². The fraction of sp³-hybridized carbons (Fsp3) is 0.750. The molecule has 0 aliphatic carbocycles. The molecule has 0 saturated carbocycles. The molecule has 2 saturated heterocycles. The van der Waals surface area contributed by atoms with Crippen LogP contribution in [0.2, 0.25) is 0 Å². The monoisotopic (exact) mass is 456 g/mol. The molecule has 2 fully saturated rings. The molecule has 0 bridgehead atoms. The maximum Gasteiger partial charge on any atom is 0.410 e. The molecule has 3 heterocycles. The molecule has 3 rings (SSSR count). The van der Waals surface area contributed by atoms with Crippen molar-refractivity contribution in [2.45, 2.75) is 70.4 Å². The highest BCUT2D eigenvalue weighted by Gasteiger charge is 2.40. The lowest BCUT2D eigenvalue weighted by atomic mass is 10.2. The van der Waals surface area contributed by atoms with E-state index in [0.29, 0.717) is 38.2 Å². The average Bonchev–Trinajstić information content (AvgIpc) is 3.18. The highest BCUT2D eigenvalue weighted by Crippen LogP contribution is 2.26. The molecule has 2 aliphatic rings. The fourth-order valence-electron chi connectivity index (χ4n) is 4.10. The molecule has 11 heteroatoms. The highest BCUT2D eigenvalue weighted by molar-refractivity contribution is 7.89. The van der Waals surface area contributed by atoms with Crippen molar-refractivity contribution < 1.29 is 27.3 Å². The summed E-state index contributed by atoms with van der Waals surface area (Å²) >= 11 is 0. The zero-order chi connectivity index (χ0) is 23.0. The molecule has 2 aliphatic heterocycles. The predicted octanol–water partition coefficient (Wildman–Crippen LogP) is 1.91. The second-order valence-corrected chi connectivity index (χ2v) is 10.9. The van der Waals surface area contributed by atoms with Crippen LogP contribution >= 0.6 is 0 Å². The van der Waals surface area contributed by atoms with E-state index < -0.39 is 27.8 Å². The molecule has 31 heavy (non-hydrogen) atoms. The van der Waals surface area contributed by atoms with Crippen LogP contribution in [0.1, 0.15) is 51.5 Å². The van der Waals surface area contributed by atoms with Crippen LogP contribution in [-0.4, -0.2) is 84.0 Å². The summed E-state index contributed by atoms with van der Waals surface area (Å²) in [6.07, 6.45) is 1.33. The lowest BCUT2D eigenvalue weighted by Gasteiger charge is -2.31. The Bertz CT molecular complexity index is 916. The van der Waals surface area contributed by atoms with Gasteiger partial charge in [0.05, 0.1) is 0 Å². The first-order valence-electron chi connectivity index (χ1n) is 10.6. The molecule has 1 aromatic rings. The third-order valence-corrected chi connectivity index (χ3v) is 7.64. The number of ether oxygens (including phenoxy) is 1. The SMILES string of the molecule is Cc1noc(C)c1S(=O)(=O)N1CCCN(C(=O)C2CCCN2C(=O)OC(C)(C)C)CC1. The van der Waals surface area contributed by atoms with Crippen molar-refractivity contribution in [1.29, 1.82) is 0 Å². The van der Waals surface area contributed by atoms with Crippen molar-refractivity contribution in [3.05, 3.63) is 11.5 Å². The summed E-state index contributed by atoms with van der Waals surface area (Å²) in [4.78, 5) is 29.0. The maximum absolute atomic E-state index is 13.2. The van der Waals surface area contributed by atoms with Crippen LogP contribution in [0.15, 0.2) is 9.42 Å². The van der Waals surface area contributed by atoms with Gasteiger partial charge in [-0.3, -0.25) is 9.69 Å². The Morgan fingerprint density at radius 1 is 1.06 bits per heavy atom. The van der Waals surface area contributed by atoms with Crippen molar-refractivity contribution >= 4 is 22.0 Å². The van der Waals surface area contributed by atoms with E-state index in [9.17, 15) is 18.0 Å². The Hall–Kier alpha value is -2.14. The number of rotatable bonds is 3. The van der Waals surface area contributed by atoms with Gasteiger partial charge in [-0.1, -0.05) is 5.16 Å². The summed E-state index contributed by atoms with van der Waals surface area (Å²) in [7, 11) is -3.76. The largest absolute Gasteiger partial charge is 0.444 e. The van der Waals surface area contributed by atoms with Crippen LogP contribution < -0.4 is 0 Å². The Balaban J connectivity index is 1.69. The molecule has 2 amide bonds. The Labute approximate surface area is 183 Å². The number of carbonyl (C=O) groups is 2. The van der Waals surface area contributed by atoms with Gasteiger partial charge in [-0.25, -0.2) is 13.2 Å². The summed E-state index contributed by atoms with van der Waals surface area (Å²) in [5, 5.41) is 3.75. The van der Waals surface area contributed by atoms with Gasteiger partial charge in [0.1, 0.15) is 22.2 Å². The van der Waals surface area contributed by atoms with E-state index in [1.165, 1.54) is 9.21 Å². The number of aromatic nitrogens is 1. The highest BCUT2D eigenvalue weighted by atomic mass is 32.2. The number of amides is 2. The van der Waals surface area contributed by atoms with Crippen LogP contribution in [0.4, 0.5) is 4.79 Å². The van der Waals surface area contributed by atoms with Gasteiger partial charge in [0.2, 0.25) is 15.9 Å². The molecule has 174 valence electrons. The normalized spacial score (nSPS) is 21.3. The third kappa shape index (κ3) is 5.03. The van der Waals surface area contributed by atoms with Crippen molar-refractivity contribution in [2.75, 3.05) is 32.7 Å². The smallest absolute Gasteiger partial charge is 0.410 e. The molecule has 1 aromatic heterocycles. The van der Waals surface area contributed by atoms with Gasteiger partial charge in [-0.15, -0.1) is 0 Å². The van der Waals surface area contributed by atoms with Crippen LogP contribution in [0.25, 0.3) is 0 Å². The zero-order valence-corrected chi connectivity index (χ0v) is 19.7.